The zero-order chi connectivity index (χ0) is 19.3. The summed E-state index contributed by atoms with van der Waals surface area (Å²) in [6, 6.07) is 11.3. The number of anilines is 1. The summed E-state index contributed by atoms with van der Waals surface area (Å²) in [6.07, 6.45) is 0. The summed E-state index contributed by atoms with van der Waals surface area (Å²) in [5, 5.41) is 7.17. The van der Waals surface area contributed by atoms with Gasteiger partial charge in [0.25, 0.3) is 5.91 Å². The number of hydrazone groups is 1. The first-order chi connectivity index (χ1) is 12.3. The van der Waals surface area contributed by atoms with Gasteiger partial charge in [-0.3, -0.25) is 14.4 Å². The van der Waals surface area contributed by atoms with E-state index in [1.54, 1.807) is 37.3 Å². The molecule has 0 aliphatic carbocycles. The molecule has 0 spiro atoms. The Balaban J connectivity index is 2.07. The van der Waals surface area contributed by atoms with Crippen molar-refractivity contribution in [3.8, 4) is 0 Å². The first-order valence-corrected chi connectivity index (χ1v) is 8.04. The average Bonchev–Trinajstić information content (AvgIpc) is 2.59. The fraction of sp³-hybridized carbons (Fsp3) is 0.0588. The highest BCUT2D eigenvalue weighted by molar-refractivity contribution is 6.37. The highest BCUT2D eigenvalue weighted by Crippen LogP contribution is 2.22. The van der Waals surface area contributed by atoms with Gasteiger partial charge in [-0.25, -0.2) is 5.43 Å². The molecule has 3 amide bonds. The molecule has 0 saturated carbocycles. The molecule has 134 valence electrons. The first-order valence-electron chi connectivity index (χ1n) is 7.29. The third kappa shape index (κ3) is 5.05. The van der Waals surface area contributed by atoms with Gasteiger partial charge in [-0.2, -0.15) is 5.10 Å². The van der Waals surface area contributed by atoms with Crippen LogP contribution < -0.4 is 16.5 Å². The SMILES string of the molecule is C/C(=N/NC(=O)C(N)=O)c1ccc(NC(=O)c2ccc(Cl)cc2Cl)cc1. The van der Waals surface area contributed by atoms with Gasteiger partial charge in [0.1, 0.15) is 0 Å². The van der Waals surface area contributed by atoms with Gasteiger partial charge in [-0.05, 0) is 42.8 Å². The van der Waals surface area contributed by atoms with Gasteiger partial charge in [-0.1, -0.05) is 35.3 Å². The van der Waals surface area contributed by atoms with E-state index in [1.807, 2.05) is 5.43 Å². The molecule has 0 bridgehead atoms. The number of primary amides is 1. The number of nitrogens with two attached hydrogens (primary N) is 1. The number of rotatable bonds is 4. The van der Waals surface area contributed by atoms with Crippen LogP contribution in [0.1, 0.15) is 22.8 Å². The molecule has 0 aromatic heterocycles. The van der Waals surface area contributed by atoms with Crippen molar-refractivity contribution in [2.75, 3.05) is 5.32 Å². The molecule has 0 aliphatic heterocycles. The lowest BCUT2D eigenvalue weighted by Crippen LogP contribution is -2.33. The summed E-state index contributed by atoms with van der Waals surface area (Å²) >= 11 is 11.8. The lowest BCUT2D eigenvalue weighted by Gasteiger charge is -2.08. The fourth-order valence-corrected chi connectivity index (χ4v) is 2.42. The van der Waals surface area contributed by atoms with Crippen LogP contribution in [-0.2, 0) is 9.59 Å². The van der Waals surface area contributed by atoms with Crippen LogP contribution in [0.15, 0.2) is 47.6 Å². The highest BCUT2D eigenvalue weighted by Gasteiger charge is 2.11. The van der Waals surface area contributed by atoms with Crippen LogP contribution in [0, 0.1) is 0 Å². The summed E-state index contributed by atoms with van der Waals surface area (Å²) in [4.78, 5) is 34.0. The maximum absolute atomic E-state index is 12.3. The maximum Gasteiger partial charge on any atom is 0.329 e. The number of hydrogen-bond acceptors (Lipinski definition) is 4. The smallest absolute Gasteiger partial charge is 0.329 e. The quantitative estimate of drug-likeness (QED) is 0.421. The average molecular weight is 393 g/mol. The molecule has 4 N–H and O–H groups in total. The number of carbonyl (C=O) groups is 3. The van der Waals surface area contributed by atoms with Gasteiger partial charge in [0.15, 0.2) is 0 Å². The standard InChI is InChI=1S/C17H14Cl2N4O3/c1-9(22-23-17(26)15(20)24)10-2-5-12(6-3-10)21-16(25)13-7-4-11(18)8-14(13)19/h2-8H,1H3,(H2,20,24)(H,21,25)(H,23,26)/b22-9-. The molecule has 26 heavy (non-hydrogen) atoms. The monoisotopic (exact) mass is 392 g/mol. The summed E-state index contributed by atoms with van der Waals surface area (Å²) in [7, 11) is 0. The predicted molar refractivity (Wildman–Crippen MR) is 100 cm³/mol. The molecule has 0 heterocycles. The molecule has 0 aliphatic rings. The number of carbonyl (C=O) groups excluding carboxylic acids is 3. The van der Waals surface area contributed by atoms with Crippen molar-refractivity contribution in [3.63, 3.8) is 0 Å². The number of benzene rings is 2. The van der Waals surface area contributed by atoms with E-state index in [9.17, 15) is 14.4 Å². The van der Waals surface area contributed by atoms with Gasteiger partial charge in [0.2, 0.25) is 0 Å². The van der Waals surface area contributed by atoms with Crippen LogP contribution in [0.4, 0.5) is 5.69 Å². The summed E-state index contributed by atoms with van der Waals surface area (Å²) in [5.41, 5.74) is 8.83. The lowest BCUT2D eigenvalue weighted by molar-refractivity contribution is -0.137. The van der Waals surface area contributed by atoms with Crippen LogP contribution in [0.2, 0.25) is 10.0 Å². The van der Waals surface area contributed by atoms with Crippen molar-refractivity contribution >= 4 is 52.3 Å². The fourth-order valence-electron chi connectivity index (χ4n) is 1.92. The van der Waals surface area contributed by atoms with Crippen LogP contribution in [-0.4, -0.2) is 23.4 Å². The van der Waals surface area contributed by atoms with Gasteiger partial charge in [0.05, 0.1) is 16.3 Å². The first kappa shape index (κ1) is 19.4. The molecular formula is C17H14Cl2N4O3. The normalized spacial score (nSPS) is 11.0. The molecule has 0 fully saturated rings. The summed E-state index contributed by atoms with van der Waals surface area (Å²) in [5.74, 6) is -2.51. The van der Waals surface area contributed by atoms with E-state index in [1.165, 1.54) is 12.1 Å². The Bertz CT molecular complexity index is 895. The van der Waals surface area contributed by atoms with Gasteiger partial charge in [0, 0.05) is 10.7 Å². The molecular weight excluding hydrogens is 379 g/mol. The number of nitrogens with one attached hydrogen (secondary N) is 2. The molecule has 0 saturated heterocycles. The largest absolute Gasteiger partial charge is 0.361 e. The second-order valence-electron chi connectivity index (χ2n) is 5.16. The Labute approximate surface area is 159 Å². The minimum absolute atomic E-state index is 0.250. The van der Waals surface area contributed by atoms with Crippen molar-refractivity contribution in [1.29, 1.82) is 0 Å². The summed E-state index contributed by atoms with van der Waals surface area (Å²) in [6.45, 7) is 1.64. The molecule has 2 rings (SSSR count). The molecule has 7 nitrogen and oxygen atoms in total. The third-order valence-corrected chi connectivity index (χ3v) is 3.83. The predicted octanol–water partition coefficient (Wildman–Crippen LogP) is 2.57. The zero-order valence-electron chi connectivity index (χ0n) is 13.5. The van der Waals surface area contributed by atoms with Crippen LogP contribution >= 0.6 is 23.2 Å². The van der Waals surface area contributed by atoms with E-state index in [4.69, 9.17) is 28.9 Å². The Hall–Kier alpha value is -2.90. The Morgan fingerprint density at radius 3 is 2.27 bits per heavy atom. The van der Waals surface area contributed by atoms with Crippen molar-refractivity contribution in [2.45, 2.75) is 6.92 Å². The topological polar surface area (TPSA) is 114 Å². The minimum atomic E-state index is -1.12. The number of hydrogen-bond donors (Lipinski definition) is 3. The third-order valence-electron chi connectivity index (χ3n) is 3.29. The van der Waals surface area contributed by atoms with Crippen molar-refractivity contribution < 1.29 is 14.4 Å². The van der Waals surface area contributed by atoms with Gasteiger partial charge >= 0.3 is 11.8 Å². The van der Waals surface area contributed by atoms with Crippen LogP contribution in [0.5, 0.6) is 0 Å². The minimum Gasteiger partial charge on any atom is -0.361 e. The number of nitrogens with zero attached hydrogens (tertiary/aromatic N) is 1. The maximum atomic E-state index is 12.3. The molecule has 0 radical (unpaired) electrons. The zero-order valence-corrected chi connectivity index (χ0v) is 15.1. The van der Waals surface area contributed by atoms with E-state index in [0.29, 0.717) is 27.5 Å². The second-order valence-corrected chi connectivity index (χ2v) is 6.00. The Morgan fingerprint density at radius 2 is 1.69 bits per heavy atom. The molecule has 9 heteroatoms. The van der Waals surface area contributed by atoms with Crippen molar-refractivity contribution in [1.82, 2.24) is 5.43 Å². The summed E-state index contributed by atoms with van der Waals surface area (Å²) < 4.78 is 0. The molecule has 2 aromatic carbocycles. The van der Waals surface area contributed by atoms with E-state index in [2.05, 4.69) is 10.4 Å². The molecule has 0 unspecified atom stereocenters. The number of halogens is 2. The Kier molecular flexibility index (Phi) is 6.32. The lowest BCUT2D eigenvalue weighted by atomic mass is 10.1. The van der Waals surface area contributed by atoms with Crippen molar-refractivity contribution in [3.05, 3.63) is 63.6 Å². The second kappa shape index (κ2) is 8.46. The van der Waals surface area contributed by atoms with Gasteiger partial charge in [-0.15, -0.1) is 0 Å². The van der Waals surface area contributed by atoms with Gasteiger partial charge < -0.3 is 11.1 Å². The molecule has 0 atom stereocenters. The van der Waals surface area contributed by atoms with E-state index in [0.717, 1.165) is 0 Å². The van der Waals surface area contributed by atoms with Crippen LogP contribution in [0.25, 0.3) is 0 Å². The van der Waals surface area contributed by atoms with E-state index in [-0.39, 0.29) is 10.9 Å². The Morgan fingerprint density at radius 1 is 1.04 bits per heavy atom. The molecule has 2 aromatic rings. The van der Waals surface area contributed by atoms with E-state index >= 15 is 0 Å². The van der Waals surface area contributed by atoms with E-state index < -0.39 is 11.8 Å². The van der Waals surface area contributed by atoms with Crippen LogP contribution in [0.3, 0.4) is 0 Å². The highest BCUT2D eigenvalue weighted by atomic mass is 35.5. The number of amides is 3. The van der Waals surface area contributed by atoms with Crippen molar-refractivity contribution in [2.24, 2.45) is 10.8 Å².